The first-order valence-electron chi connectivity index (χ1n) is 11.9. The van der Waals surface area contributed by atoms with Crippen LogP contribution in [0.15, 0.2) is 30.5 Å². The third kappa shape index (κ3) is 9.04. The number of aromatic amines is 1. The molecule has 4 amide bonds. The van der Waals surface area contributed by atoms with Crippen molar-refractivity contribution in [2.45, 2.75) is 49.9 Å². The first-order valence-corrected chi connectivity index (χ1v) is 13.3. The Morgan fingerprint density at radius 2 is 1.61 bits per heavy atom. The van der Waals surface area contributed by atoms with E-state index in [1.54, 1.807) is 12.5 Å². The molecular formula is C24H34N6O7S. The van der Waals surface area contributed by atoms with Crippen LogP contribution in [0.4, 0.5) is 0 Å². The highest BCUT2D eigenvalue weighted by atomic mass is 32.2. The Morgan fingerprint density at radius 1 is 0.974 bits per heavy atom. The van der Waals surface area contributed by atoms with Gasteiger partial charge in [-0.2, -0.15) is 11.8 Å². The van der Waals surface area contributed by atoms with E-state index < -0.39 is 60.4 Å². The number of primary amides is 1. The maximum Gasteiger partial charge on any atom is 0.326 e. The normalized spacial score (nSPS) is 14.2. The molecule has 0 saturated heterocycles. The number of carboxylic acids is 1. The fourth-order valence-electron chi connectivity index (χ4n) is 3.70. The van der Waals surface area contributed by atoms with Gasteiger partial charge in [0.15, 0.2) is 0 Å². The number of aliphatic hydroxyl groups is 1. The van der Waals surface area contributed by atoms with Crippen molar-refractivity contribution >= 4 is 52.3 Å². The van der Waals surface area contributed by atoms with Crippen molar-refractivity contribution in [2.24, 2.45) is 11.5 Å². The highest BCUT2D eigenvalue weighted by Gasteiger charge is 2.30. The molecule has 0 bridgehead atoms. The Bertz CT molecular complexity index is 1140. The molecule has 4 unspecified atom stereocenters. The number of carbonyl (C=O) groups is 5. The van der Waals surface area contributed by atoms with Crippen LogP contribution in [0.5, 0.6) is 0 Å². The molecule has 4 atom stereocenters. The molecule has 208 valence electrons. The number of nitrogens with one attached hydrogen (secondary N) is 4. The van der Waals surface area contributed by atoms with Gasteiger partial charge >= 0.3 is 5.97 Å². The van der Waals surface area contributed by atoms with E-state index in [9.17, 15) is 34.2 Å². The van der Waals surface area contributed by atoms with Gasteiger partial charge in [0.1, 0.15) is 18.1 Å². The summed E-state index contributed by atoms with van der Waals surface area (Å²) in [6.07, 6.45) is 3.39. The maximum absolute atomic E-state index is 12.9. The van der Waals surface area contributed by atoms with E-state index in [2.05, 4.69) is 20.9 Å². The number of carboxylic acid groups (broad SMARTS) is 1. The Labute approximate surface area is 223 Å². The molecule has 0 saturated carbocycles. The number of aliphatic carboxylic acids is 1. The Kier molecular flexibility index (Phi) is 12.0. The molecule has 10 N–H and O–H groups in total. The molecule has 1 aromatic heterocycles. The number of benzene rings is 1. The summed E-state index contributed by atoms with van der Waals surface area (Å²) in [4.78, 5) is 64.2. The average Bonchev–Trinajstić information content (AvgIpc) is 3.29. The van der Waals surface area contributed by atoms with Crippen LogP contribution in [0.2, 0.25) is 0 Å². The number of H-pyrrole nitrogens is 1. The molecule has 38 heavy (non-hydrogen) atoms. The number of carbonyl (C=O) groups excluding carboxylic acids is 4. The average molecular weight is 551 g/mol. The number of aromatic nitrogens is 1. The first kappa shape index (κ1) is 30.6. The lowest BCUT2D eigenvalue weighted by Gasteiger charge is -2.24. The number of fused-ring (bicyclic) bond motifs is 1. The van der Waals surface area contributed by atoms with E-state index in [0.29, 0.717) is 5.75 Å². The van der Waals surface area contributed by atoms with E-state index in [1.165, 1.54) is 11.8 Å². The van der Waals surface area contributed by atoms with Crippen molar-refractivity contribution in [1.29, 1.82) is 0 Å². The van der Waals surface area contributed by atoms with Gasteiger partial charge in [-0.05, 0) is 42.9 Å². The lowest BCUT2D eigenvalue weighted by Crippen LogP contribution is -2.58. The highest BCUT2D eigenvalue weighted by molar-refractivity contribution is 7.98. The summed E-state index contributed by atoms with van der Waals surface area (Å²) in [6, 6.07) is 2.43. The quantitative estimate of drug-likeness (QED) is 0.122. The van der Waals surface area contributed by atoms with E-state index in [0.717, 1.165) is 16.5 Å². The van der Waals surface area contributed by atoms with E-state index in [-0.39, 0.29) is 25.7 Å². The number of aliphatic hydroxyl groups excluding tert-OH is 1. The Morgan fingerprint density at radius 3 is 2.24 bits per heavy atom. The molecule has 14 heteroatoms. The summed E-state index contributed by atoms with van der Waals surface area (Å²) < 4.78 is 0. The zero-order chi connectivity index (χ0) is 28.2. The Hall–Kier alpha value is -3.62. The summed E-state index contributed by atoms with van der Waals surface area (Å²) in [5, 5.41) is 26.9. The molecule has 0 aliphatic heterocycles. The summed E-state index contributed by atoms with van der Waals surface area (Å²) in [5.41, 5.74) is 13.0. The van der Waals surface area contributed by atoms with Gasteiger partial charge in [-0.15, -0.1) is 0 Å². The van der Waals surface area contributed by atoms with Crippen molar-refractivity contribution in [1.82, 2.24) is 20.9 Å². The van der Waals surface area contributed by atoms with Crippen LogP contribution in [0.25, 0.3) is 10.9 Å². The number of thioether (sulfide) groups is 1. The highest BCUT2D eigenvalue weighted by Crippen LogP contribution is 2.18. The largest absolute Gasteiger partial charge is 0.480 e. The number of para-hydroxylation sites is 1. The summed E-state index contributed by atoms with van der Waals surface area (Å²) in [7, 11) is 0. The van der Waals surface area contributed by atoms with Crippen molar-refractivity contribution in [2.75, 3.05) is 18.6 Å². The van der Waals surface area contributed by atoms with Crippen molar-refractivity contribution in [3.05, 3.63) is 36.0 Å². The third-order valence-electron chi connectivity index (χ3n) is 5.80. The van der Waals surface area contributed by atoms with Crippen LogP contribution >= 0.6 is 11.8 Å². The van der Waals surface area contributed by atoms with Crippen LogP contribution in [0.3, 0.4) is 0 Å². The molecule has 0 fully saturated rings. The fourth-order valence-corrected chi connectivity index (χ4v) is 4.17. The van der Waals surface area contributed by atoms with Gasteiger partial charge in [0.05, 0.1) is 12.6 Å². The van der Waals surface area contributed by atoms with Gasteiger partial charge in [-0.25, -0.2) is 4.79 Å². The topological polar surface area (TPSA) is 230 Å². The van der Waals surface area contributed by atoms with Crippen molar-refractivity contribution in [3.63, 3.8) is 0 Å². The molecular weight excluding hydrogens is 516 g/mol. The van der Waals surface area contributed by atoms with Gasteiger partial charge < -0.3 is 42.6 Å². The molecule has 0 radical (unpaired) electrons. The summed E-state index contributed by atoms with van der Waals surface area (Å²) in [5.74, 6) is -3.96. The molecule has 1 heterocycles. The van der Waals surface area contributed by atoms with E-state index >= 15 is 0 Å². The molecule has 1 aromatic carbocycles. The van der Waals surface area contributed by atoms with Crippen LogP contribution in [0.1, 0.15) is 24.8 Å². The predicted molar refractivity (Wildman–Crippen MR) is 142 cm³/mol. The monoisotopic (exact) mass is 550 g/mol. The van der Waals surface area contributed by atoms with Crippen molar-refractivity contribution < 1.29 is 34.2 Å². The number of amides is 4. The lowest BCUT2D eigenvalue weighted by molar-refractivity contribution is -0.142. The number of hydrogen-bond acceptors (Lipinski definition) is 8. The zero-order valence-corrected chi connectivity index (χ0v) is 21.8. The van der Waals surface area contributed by atoms with Gasteiger partial charge in [0.25, 0.3) is 0 Å². The first-order chi connectivity index (χ1) is 18.1. The van der Waals surface area contributed by atoms with Gasteiger partial charge in [-0.1, -0.05) is 18.2 Å². The smallest absolute Gasteiger partial charge is 0.326 e. The molecule has 2 aromatic rings. The van der Waals surface area contributed by atoms with Gasteiger partial charge in [0.2, 0.25) is 23.6 Å². The second kappa shape index (κ2) is 15.0. The molecule has 2 rings (SSSR count). The third-order valence-corrected chi connectivity index (χ3v) is 6.45. The number of hydrogen-bond donors (Lipinski definition) is 8. The summed E-state index contributed by atoms with van der Waals surface area (Å²) >= 11 is 1.40. The molecule has 0 aliphatic carbocycles. The van der Waals surface area contributed by atoms with Crippen LogP contribution in [-0.2, 0) is 30.4 Å². The maximum atomic E-state index is 12.9. The lowest BCUT2D eigenvalue weighted by atomic mass is 10.0. The number of nitrogens with two attached hydrogens (primary N) is 2. The summed E-state index contributed by atoms with van der Waals surface area (Å²) in [6.45, 7) is -0.830. The SMILES string of the molecule is CSCCC(NC(=O)C(CO)NC(=O)C(CCC(N)=O)NC(=O)C(N)Cc1c[nH]c2ccccc12)C(=O)O. The number of rotatable bonds is 16. The van der Waals surface area contributed by atoms with Gasteiger partial charge in [-0.3, -0.25) is 19.2 Å². The Balaban J connectivity index is 2.07. The van der Waals surface area contributed by atoms with Crippen LogP contribution in [-0.4, -0.2) is 87.6 Å². The zero-order valence-electron chi connectivity index (χ0n) is 20.9. The van der Waals surface area contributed by atoms with Gasteiger partial charge in [0, 0.05) is 23.5 Å². The molecule has 0 aliphatic rings. The minimum absolute atomic E-state index is 0.139. The fraction of sp³-hybridized carbons (Fsp3) is 0.458. The van der Waals surface area contributed by atoms with Crippen LogP contribution < -0.4 is 27.4 Å². The van der Waals surface area contributed by atoms with E-state index in [1.807, 2.05) is 24.3 Å². The van der Waals surface area contributed by atoms with Crippen molar-refractivity contribution in [3.8, 4) is 0 Å². The second-order valence-electron chi connectivity index (χ2n) is 8.66. The standard InChI is InChI=1S/C24H34N6O7S/c1-38-9-8-18(24(36)37)29-23(35)19(12-31)30-22(34)17(6-7-20(26)32)28-21(33)15(25)10-13-11-27-16-5-3-2-4-14(13)16/h2-5,11,15,17-19,27,31H,6-10,12,25H2,1H3,(H2,26,32)(H,28,33)(H,29,35)(H,30,34)(H,36,37). The molecule has 13 nitrogen and oxygen atoms in total. The van der Waals surface area contributed by atoms with E-state index in [4.69, 9.17) is 11.5 Å². The predicted octanol–water partition coefficient (Wildman–Crippen LogP) is -1.41. The second-order valence-corrected chi connectivity index (χ2v) is 9.65. The van der Waals surface area contributed by atoms with Crippen LogP contribution in [0, 0.1) is 0 Å². The minimum Gasteiger partial charge on any atom is -0.480 e. The molecule has 0 spiro atoms. The minimum atomic E-state index is -1.49.